The van der Waals surface area contributed by atoms with Gasteiger partial charge in [0.05, 0.1) is 11.4 Å². The lowest BCUT2D eigenvalue weighted by atomic mass is 10.1. The molecule has 74 valence electrons. The molecule has 0 aliphatic rings. The fourth-order valence-electron chi connectivity index (χ4n) is 1.36. The van der Waals surface area contributed by atoms with Crippen molar-refractivity contribution in [1.82, 2.24) is 0 Å². The molecule has 0 bridgehead atoms. The SMILES string of the molecule is Nc1ccc2scc(C(F)F)c2c1N. The van der Waals surface area contributed by atoms with Crippen molar-refractivity contribution in [2.45, 2.75) is 6.43 Å². The van der Waals surface area contributed by atoms with Crippen molar-refractivity contribution in [2.24, 2.45) is 0 Å². The predicted molar refractivity (Wildman–Crippen MR) is 55.6 cm³/mol. The van der Waals surface area contributed by atoms with Gasteiger partial charge in [-0.2, -0.15) is 0 Å². The first kappa shape index (κ1) is 9.21. The van der Waals surface area contributed by atoms with Gasteiger partial charge in [-0.05, 0) is 12.1 Å². The number of rotatable bonds is 1. The molecule has 5 heteroatoms. The number of nitrogens with two attached hydrogens (primary N) is 2. The van der Waals surface area contributed by atoms with Crippen LogP contribution in [0.5, 0.6) is 0 Å². The van der Waals surface area contributed by atoms with Crippen LogP contribution in [0.15, 0.2) is 17.5 Å². The van der Waals surface area contributed by atoms with Crippen LogP contribution < -0.4 is 11.5 Å². The number of benzene rings is 1. The summed E-state index contributed by atoms with van der Waals surface area (Å²) in [5.41, 5.74) is 11.8. The molecule has 0 saturated heterocycles. The number of anilines is 2. The smallest absolute Gasteiger partial charge is 0.265 e. The molecule has 0 fully saturated rings. The largest absolute Gasteiger partial charge is 0.397 e. The van der Waals surface area contributed by atoms with E-state index in [9.17, 15) is 8.78 Å². The van der Waals surface area contributed by atoms with Crippen LogP contribution in [0.4, 0.5) is 20.2 Å². The first-order valence-corrected chi connectivity index (χ1v) is 4.82. The summed E-state index contributed by atoms with van der Waals surface area (Å²) in [7, 11) is 0. The number of fused-ring (bicyclic) bond motifs is 1. The van der Waals surface area contributed by atoms with E-state index in [2.05, 4.69) is 0 Å². The molecule has 1 aromatic heterocycles. The summed E-state index contributed by atoms with van der Waals surface area (Å²) >= 11 is 1.25. The molecule has 0 atom stereocenters. The normalized spacial score (nSPS) is 11.4. The predicted octanol–water partition coefficient (Wildman–Crippen LogP) is 3.00. The second kappa shape index (κ2) is 3.09. The zero-order chi connectivity index (χ0) is 10.3. The minimum atomic E-state index is -2.51. The highest BCUT2D eigenvalue weighted by Crippen LogP contribution is 2.38. The zero-order valence-electron chi connectivity index (χ0n) is 7.13. The first-order chi connectivity index (χ1) is 6.61. The molecular formula is C9H8F2N2S. The van der Waals surface area contributed by atoms with Gasteiger partial charge in [0.15, 0.2) is 0 Å². The highest BCUT2D eigenvalue weighted by Gasteiger charge is 2.16. The van der Waals surface area contributed by atoms with E-state index in [1.54, 1.807) is 12.1 Å². The van der Waals surface area contributed by atoms with E-state index in [0.29, 0.717) is 11.1 Å². The van der Waals surface area contributed by atoms with Gasteiger partial charge in [0.2, 0.25) is 0 Å². The second-order valence-corrected chi connectivity index (χ2v) is 3.84. The average Bonchev–Trinajstić information content (AvgIpc) is 2.55. The zero-order valence-corrected chi connectivity index (χ0v) is 7.94. The molecule has 0 aliphatic heterocycles. The molecule has 0 unspecified atom stereocenters. The third-order valence-electron chi connectivity index (χ3n) is 2.08. The second-order valence-electron chi connectivity index (χ2n) is 2.93. The maximum atomic E-state index is 12.6. The monoisotopic (exact) mass is 214 g/mol. The Morgan fingerprint density at radius 3 is 2.57 bits per heavy atom. The van der Waals surface area contributed by atoms with E-state index in [0.717, 1.165) is 4.70 Å². The summed E-state index contributed by atoms with van der Waals surface area (Å²) in [6.45, 7) is 0. The molecule has 14 heavy (non-hydrogen) atoms. The van der Waals surface area contributed by atoms with Crippen molar-refractivity contribution >= 4 is 32.8 Å². The van der Waals surface area contributed by atoms with Crippen LogP contribution in [-0.2, 0) is 0 Å². The van der Waals surface area contributed by atoms with E-state index in [-0.39, 0.29) is 11.3 Å². The van der Waals surface area contributed by atoms with Crippen LogP contribution in [0.3, 0.4) is 0 Å². The summed E-state index contributed by atoms with van der Waals surface area (Å²) in [5.74, 6) is 0. The Kier molecular flexibility index (Phi) is 2.03. The van der Waals surface area contributed by atoms with Gasteiger partial charge < -0.3 is 11.5 Å². The van der Waals surface area contributed by atoms with Gasteiger partial charge >= 0.3 is 0 Å². The summed E-state index contributed by atoms with van der Waals surface area (Å²) < 4.78 is 25.8. The van der Waals surface area contributed by atoms with Crippen molar-refractivity contribution in [3.05, 3.63) is 23.1 Å². The number of hydrogen-bond acceptors (Lipinski definition) is 3. The molecule has 4 N–H and O–H groups in total. The van der Waals surface area contributed by atoms with Crippen LogP contribution in [0.25, 0.3) is 10.1 Å². The number of hydrogen-bond donors (Lipinski definition) is 2. The summed E-state index contributed by atoms with van der Waals surface area (Å²) in [6.07, 6.45) is -2.51. The number of thiophene rings is 1. The Hall–Kier alpha value is -1.36. The fourth-order valence-corrected chi connectivity index (χ4v) is 2.32. The minimum absolute atomic E-state index is 0.0326. The van der Waals surface area contributed by atoms with Crippen LogP contribution in [0.1, 0.15) is 12.0 Å². The minimum Gasteiger partial charge on any atom is -0.397 e. The Labute approximate surface area is 83.1 Å². The molecule has 0 radical (unpaired) electrons. The fraction of sp³-hybridized carbons (Fsp3) is 0.111. The highest BCUT2D eigenvalue weighted by molar-refractivity contribution is 7.17. The van der Waals surface area contributed by atoms with Gasteiger partial charge in [-0.1, -0.05) is 0 Å². The topological polar surface area (TPSA) is 52.0 Å². The number of alkyl halides is 2. The van der Waals surface area contributed by atoms with E-state index in [1.165, 1.54) is 16.7 Å². The van der Waals surface area contributed by atoms with E-state index < -0.39 is 6.43 Å². The Morgan fingerprint density at radius 1 is 1.21 bits per heavy atom. The van der Waals surface area contributed by atoms with E-state index in [4.69, 9.17) is 11.5 Å². The number of halogens is 2. The summed E-state index contributed by atoms with van der Waals surface area (Å²) in [6, 6.07) is 3.33. The maximum Gasteiger partial charge on any atom is 0.265 e. The van der Waals surface area contributed by atoms with Crippen LogP contribution >= 0.6 is 11.3 Å². The number of nitrogen functional groups attached to an aromatic ring is 2. The van der Waals surface area contributed by atoms with Gasteiger partial charge in [0, 0.05) is 21.0 Å². The van der Waals surface area contributed by atoms with Crippen LogP contribution in [0.2, 0.25) is 0 Å². The Bertz CT molecular complexity index is 479. The van der Waals surface area contributed by atoms with Crippen LogP contribution in [0, 0.1) is 0 Å². The third kappa shape index (κ3) is 1.21. The lowest BCUT2D eigenvalue weighted by Gasteiger charge is -2.03. The van der Waals surface area contributed by atoms with Crippen molar-refractivity contribution in [3.63, 3.8) is 0 Å². The first-order valence-electron chi connectivity index (χ1n) is 3.94. The molecule has 0 aliphatic carbocycles. The molecule has 0 amide bonds. The van der Waals surface area contributed by atoms with Crippen molar-refractivity contribution < 1.29 is 8.78 Å². The third-order valence-corrected chi connectivity index (χ3v) is 3.04. The van der Waals surface area contributed by atoms with Gasteiger partial charge in [-0.25, -0.2) is 8.78 Å². The van der Waals surface area contributed by atoms with Crippen LogP contribution in [-0.4, -0.2) is 0 Å². The van der Waals surface area contributed by atoms with E-state index in [1.807, 2.05) is 0 Å². The van der Waals surface area contributed by atoms with Gasteiger partial charge in [-0.15, -0.1) is 11.3 Å². The molecule has 2 rings (SSSR count). The Balaban J connectivity index is 2.82. The van der Waals surface area contributed by atoms with Crippen molar-refractivity contribution in [3.8, 4) is 0 Å². The van der Waals surface area contributed by atoms with Gasteiger partial charge in [0.25, 0.3) is 6.43 Å². The van der Waals surface area contributed by atoms with Crippen molar-refractivity contribution in [2.75, 3.05) is 11.5 Å². The summed E-state index contributed by atoms with van der Waals surface area (Å²) in [5, 5.41) is 1.82. The molecular weight excluding hydrogens is 206 g/mol. The molecule has 1 aromatic carbocycles. The summed E-state index contributed by atoms with van der Waals surface area (Å²) in [4.78, 5) is 0. The molecule has 0 saturated carbocycles. The van der Waals surface area contributed by atoms with Gasteiger partial charge in [0.1, 0.15) is 0 Å². The lowest BCUT2D eigenvalue weighted by molar-refractivity contribution is 0.153. The molecule has 1 heterocycles. The average molecular weight is 214 g/mol. The molecule has 2 nitrogen and oxygen atoms in total. The molecule has 2 aromatic rings. The Morgan fingerprint density at radius 2 is 1.93 bits per heavy atom. The van der Waals surface area contributed by atoms with E-state index >= 15 is 0 Å². The quantitative estimate of drug-likeness (QED) is 0.717. The highest BCUT2D eigenvalue weighted by atomic mass is 32.1. The maximum absolute atomic E-state index is 12.6. The molecule has 0 spiro atoms. The standard InChI is InChI=1S/C9H8F2N2S/c10-9(11)4-3-14-6-2-1-5(12)8(13)7(4)6/h1-3,9H,12-13H2. The lowest BCUT2D eigenvalue weighted by Crippen LogP contribution is -1.95. The van der Waals surface area contributed by atoms with Crippen molar-refractivity contribution in [1.29, 1.82) is 0 Å². The van der Waals surface area contributed by atoms with Gasteiger partial charge in [-0.3, -0.25) is 0 Å².